The zero-order valence-electron chi connectivity index (χ0n) is 14.9. The molecule has 1 amide bonds. The highest BCUT2D eigenvalue weighted by Gasteiger charge is 2.42. The SMILES string of the molecule is C[C@@H](NC(=O)C[C@H]1C[C@H]1c1nc2ccc(Cl)cc2[nH]1)c1nc(C2CC2)no1. The van der Waals surface area contributed by atoms with Gasteiger partial charge in [0.15, 0.2) is 5.82 Å². The summed E-state index contributed by atoms with van der Waals surface area (Å²) in [6.45, 7) is 1.87. The number of nitrogens with one attached hydrogen (secondary N) is 2. The predicted octanol–water partition coefficient (Wildman–Crippen LogP) is 3.85. The Morgan fingerprint density at radius 3 is 3.07 bits per heavy atom. The lowest BCUT2D eigenvalue weighted by Gasteiger charge is -2.09. The highest BCUT2D eigenvalue weighted by Crippen LogP contribution is 2.48. The molecule has 2 heterocycles. The molecule has 2 aliphatic rings. The van der Waals surface area contributed by atoms with Crippen LogP contribution in [0.5, 0.6) is 0 Å². The van der Waals surface area contributed by atoms with Crippen molar-refractivity contribution < 1.29 is 9.32 Å². The average Bonchev–Trinajstić information content (AvgIpc) is 3.53. The molecule has 7 nitrogen and oxygen atoms in total. The molecule has 0 bridgehead atoms. The van der Waals surface area contributed by atoms with Gasteiger partial charge in [-0.15, -0.1) is 0 Å². The van der Waals surface area contributed by atoms with Gasteiger partial charge in [-0.05, 0) is 50.3 Å². The molecule has 0 saturated heterocycles. The van der Waals surface area contributed by atoms with Crippen LogP contribution in [-0.4, -0.2) is 26.0 Å². The highest BCUT2D eigenvalue weighted by atomic mass is 35.5. The lowest BCUT2D eigenvalue weighted by molar-refractivity contribution is -0.122. The smallest absolute Gasteiger partial charge is 0.248 e. The molecule has 2 aliphatic carbocycles. The van der Waals surface area contributed by atoms with Crippen molar-refractivity contribution in [2.24, 2.45) is 5.92 Å². The fourth-order valence-corrected chi connectivity index (χ4v) is 3.69. The number of halogens is 1. The number of amides is 1. The number of rotatable bonds is 6. The van der Waals surface area contributed by atoms with E-state index in [1.807, 2.05) is 25.1 Å². The first-order valence-electron chi connectivity index (χ1n) is 9.35. The van der Waals surface area contributed by atoms with E-state index in [1.165, 1.54) is 0 Å². The van der Waals surface area contributed by atoms with Crippen LogP contribution in [0.25, 0.3) is 11.0 Å². The maximum atomic E-state index is 12.4. The first-order valence-corrected chi connectivity index (χ1v) is 9.72. The standard InChI is InChI=1S/C19H20ClN5O2/c1-9(19-24-17(25-27-19)10-2-3-10)21-16(26)7-11-6-13(11)18-22-14-5-4-12(20)8-15(14)23-18/h4-5,8-11,13H,2-3,6-7H2,1H3,(H,21,26)(H,22,23)/t9-,11-,13-/m1/s1. The molecule has 0 spiro atoms. The van der Waals surface area contributed by atoms with E-state index >= 15 is 0 Å². The van der Waals surface area contributed by atoms with Crippen LogP contribution in [0.3, 0.4) is 0 Å². The summed E-state index contributed by atoms with van der Waals surface area (Å²) < 4.78 is 5.28. The number of fused-ring (bicyclic) bond motifs is 1. The van der Waals surface area contributed by atoms with E-state index < -0.39 is 0 Å². The molecule has 140 valence electrons. The van der Waals surface area contributed by atoms with Crippen LogP contribution in [0.2, 0.25) is 5.02 Å². The zero-order valence-corrected chi connectivity index (χ0v) is 15.7. The minimum Gasteiger partial charge on any atom is -0.345 e. The zero-order chi connectivity index (χ0) is 18.5. The number of aromatic amines is 1. The first-order chi connectivity index (χ1) is 13.1. The third-order valence-electron chi connectivity index (χ3n) is 5.33. The largest absolute Gasteiger partial charge is 0.345 e. The third kappa shape index (κ3) is 3.43. The van der Waals surface area contributed by atoms with Crippen molar-refractivity contribution in [3.63, 3.8) is 0 Å². The molecule has 0 radical (unpaired) electrons. The fourth-order valence-electron chi connectivity index (χ4n) is 3.52. The van der Waals surface area contributed by atoms with Gasteiger partial charge < -0.3 is 14.8 Å². The van der Waals surface area contributed by atoms with Gasteiger partial charge in [0.25, 0.3) is 0 Å². The Bertz CT molecular complexity index is 1010. The second-order valence-corrected chi connectivity index (χ2v) is 8.08. The fraction of sp³-hybridized carbons (Fsp3) is 0.474. The van der Waals surface area contributed by atoms with E-state index in [0.717, 1.165) is 41.9 Å². The van der Waals surface area contributed by atoms with E-state index in [-0.39, 0.29) is 11.9 Å². The van der Waals surface area contributed by atoms with Gasteiger partial charge in [-0.3, -0.25) is 4.79 Å². The van der Waals surface area contributed by atoms with Crippen molar-refractivity contribution >= 4 is 28.5 Å². The normalized spacial score (nSPS) is 22.7. The number of hydrogen-bond donors (Lipinski definition) is 2. The third-order valence-corrected chi connectivity index (χ3v) is 5.57. The Morgan fingerprint density at radius 1 is 1.41 bits per heavy atom. The van der Waals surface area contributed by atoms with Crippen molar-refractivity contribution in [3.8, 4) is 0 Å². The van der Waals surface area contributed by atoms with E-state index in [0.29, 0.717) is 35.1 Å². The topological polar surface area (TPSA) is 96.7 Å². The molecule has 8 heteroatoms. The molecule has 1 aromatic carbocycles. The Labute approximate surface area is 160 Å². The summed E-state index contributed by atoms with van der Waals surface area (Å²) in [6.07, 6.45) is 3.67. The van der Waals surface area contributed by atoms with Crippen LogP contribution in [0.1, 0.15) is 68.0 Å². The van der Waals surface area contributed by atoms with Crippen LogP contribution in [0.15, 0.2) is 22.7 Å². The summed E-state index contributed by atoms with van der Waals surface area (Å²) in [5, 5.41) is 7.65. The molecule has 2 N–H and O–H groups in total. The summed E-state index contributed by atoms with van der Waals surface area (Å²) in [4.78, 5) is 24.7. The van der Waals surface area contributed by atoms with Crippen LogP contribution < -0.4 is 5.32 Å². The molecule has 3 aromatic rings. The minimum atomic E-state index is -0.275. The molecule has 5 rings (SSSR count). The summed E-state index contributed by atoms with van der Waals surface area (Å²) in [5.74, 6) is 3.21. The van der Waals surface area contributed by atoms with Crippen LogP contribution in [0, 0.1) is 5.92 Å². The molecule has 2 saturated carbocycles. The molecule has 2 fully saturated rings. The highest BCUT2D eigenvalue weighted by molar-refractivity contribution is 6.31. The van der Waals surface area contributed by atoms with Crippen LogP contribution in [0.4, 0.5) is 0 Å². The minimum absolute atomic E-state index is 0.000303. The summed E-state index contributed by atoms with van der Waals surface area (Å²) in [6, 6.07) is 5.34. The van der Waals surface area contributed by atoms with Crippen molar-refractivity contribution in [2.45, 2.75) is 50.5 Å². The predicted molar refractivity (Wildman–Crippen MR) is 99.4 cm³/mol. The van der Waals surface area contributed by atoms with E-state index in [9.17, 15) is 4.79 Å². The Kier molecular flexibility index (Phi) is 3.93. The number of carbonyl (C=O) groups is 1. The summed E-state index contributed by atoms with van der Waals surface area (Å²) in [5.41, 5.74) is 1.84. The van der Waals surface area contributed by atoms with E-state index in [2.05, 4.69) is 25.4 Å². The maximum Gasteiger partial charge on any atom is 0.248 e. The van der Waals surface area contributed by atoms with Gasteiger partial charge >= 0.3 is 0 Å². The second kappa shape index (κ2) is 6.34. The van der Waals surface area contributed by atoms with Crippen molar-refractivity contribution in [2.75, 3.05) is 0 Å². The second-order valence-electron chi connectivity index (χ2n) is 7.64. The number of hydrogen-bond acceptors (Lipinski definition) is 5. The number of aromatic nitrogens is 4. The number of H-pyrrole nitrogens is 1. The number of imidazole rings is 1. The molecule has 0 unspecified atom stereocenters. The number of benzene rings is 1. The molecular weight excluding hydrogens is 366 g/mol. The van der Waals surface area contributed by atoms with Gasteiger partial charge in [0.2, 0.25) is 11.8 Å². The van der Waals surface area contributed by atoms with Crippen LogP contribution >= 0.6 is 11.6 Å². The molecule has 27 heavy (non-hydrogen) atoms. The number of carbonyl (C=O) groups excluding carboxylic acids is 1. The molecular formula is C19H20ClN5O2. The summed E-state index contributed by atoms with van der Waals surface area (Å²) >= 11 is 6.02. The van der Waals surface area contributed by atoms with Gasteiger partial charge in [0, 0.05) is 23.3 Å². The van der Waals surface area contributed by atoms with Gasteiger partial charge in [-0.1, -0.05) is 16.8 Å². The Balaban J connectivity index is 1.17. The molecule has 2 aromatic heterocycles. The lowest BCUT2D eigenvalue weighted by atomic mass is 10.2. The first kappa shape index (κ1) is 16.7. The van der Waals surface area contributed by atoms with Crippen LogP contribution in [-0.2, 0) is 4.79 Å². The quantitative estimate of drug-likeness (QED) is 0.671. The van der Waals surface area contributed by atoms with E-state index in [1.54, 1.807) is 0 Å². The monoisotopic (exact) mass is 385 g/mol. The molecule has 3 atom stereocenters. The summed E-state index contributed by atoms with van der Waals surface area (Å²) in [7, 11) is 0. The van der Waals surface area contributed by atoms with Crippen molar-refractivity contribution in [1.29, 1.82) is 0 Å². The van der Waals surface area contributed by atoms with Gasteiger partial charge in [-0.2, -0.15) is 4.98 Å². The van der Waals surface area contributed by atoms with Gasteiger partial charge in [0.1, 0.15) is 11.9 Å². The lowest BCUT2D eigenvalue weighted by Crippen LogP contribution is -2.27. The van der Waals surface area contributed by atoms with Gasteiger partial charge in [0.05, 0.1) is 11.0 Å². The molecule has 0 aliphatic heterocycles. The Hall–Kier alpha value is -2.41. The number of nitrogens with zero attached hydrogens (tertiary/aromatic N) is 3. The maximum absolute atomic E-state index is 12.4. The van der Waals surface area contributed by atoms with Gasteiger partial charge in [-0.25, -0.2) is 4.98 Å². The van der Waals surface area contributed by atoms with Crippen molar-refractivity contribution in [3.05, 3.63) is 40.8 Å². The van der Waals surface area contributed by atoms with Crippen molar-refractivity contribution in [1.82, 2.24) is 25.4 Å². The average molecular weight is 386 g/mol. The van der Waals surface area contributed by atoms with E-state index in [4.69, 9.17) is 16.1 Å². The Morgan fingerprint density at radius 2 is 2.26 bits per heavy atom.